The number of hydrogen-bond donors (Lipinski definition) is 0. The number of benzene rings is 4. The molecule has 0 saturated carbocycles. The first kappa shape index (κ1) is 23.7. The smallest absolute Gasteiger partial charge is 0.258 e. The summed E-state index contributed by atoms with van der Waals surface area (Å²) in [5.74, 6) is 0.0167. The predicted octanol–water partition coefficient (Wildman–Crippen LogP) is 6.96. The van der Waals surface area contributed by atoms with Gasteiger partial charge in [-0.2, -0.15) is 0 Å². The van der Waals surface area contributed by atoms with E-state index in [2.05, 4.69) is 85.5 Å². The van der Waals surface area contributed by atoms with Crippen LogP contribution in [0.2, 0.25) is 0 Å². The molecule has 3 nitrogen and oxygen atoms in total. The molecule has 0 saturated heterocycles. The van der Waals surface area contributed by atoms with Gasteiger partial charge in [-0.25, -0.2) is 0 Å². The molecule has 1 amide bonds. The summed E-state index contributed by atoms with van der Waals surface area (Å²) >= 11 is 0. The Morgan fingerprint density at radius 3 is 2.06 bits per heavy atom. The Bertz CT molecular complexity index is 1200. The van der Waals surface area contributed by atoms with Crippen LogP contribution in [0.15, 0.2) is 97.1 Å². The van der Waals surface area contributed by atoms with E-state index in [-0.39, 0.29) is 5.91 Å². The summed E-state index contributed by atoms with van der Waals surface area (Å²) in [5.41, 5.74) is 4.06. The number of hydrogen-bond acceptors (Lipinski definition) is 2. The number of aryl methyl sites for hydroxylation is 1. The number of nitrogens with zero attached hydrogens (tertiary/aromatic N) is 2. The van der Waals surface area contributed by atoms with Crippen LogP contribution in [0.4, 0.5) is 5.69 Å². The van der Waals surface area contributed by atoms with Gasteiger partial charge < -0.3 is 9.80 Å². The van der Waals surface area contributed by atoms with Crippen LogP contribution in [0.25, 0.3) is 10.8 Å². The maximum absolute atomic E-state index is 13.5. The van der Waals surface area contributed by atoms with Crippen molar-refractivity contribution in [1.29, 1.82) is 0 Å². The Morgan fingerprint density at radius 2 is 1.35 bits per heavy atom. The summed E-state index contributed by atoms with van der Waals surface area (Å²) in [6.07, 6.45) is 2.19. The predicted molar refractivity (Wildman–Crippen MR) is 143 cm³/mol. The molecule has 3 heteroatoms. The molecule has 0 aliphatic rings. The van der Waals surface area contributed by atoms with Gasteiger partial charge in [0.15, 0.2) is 0 Å². The summed E-state index contributed by atoms with van der Waals surface area (Å²) < 4.78 is 0. The highest BCUT2D eigenvalue weighted by molar-refractivity contribution is 6.06. The average Bonchev–Trinajstić information content (AvgIpc) is 2.90. The van der Waals surface area contributed by atoms with Crippen LogP contribution in [0.5, 0.6) is 0 Å². The Balaban J connectivity index is 1.55. The molecule has 0 fully saturated rings. The summed E-state index contributed by atoms with van der Waals surface area (Å²) in [6.45, 7) is 8.27. The molecule has 0 unspecified atom stereocenters. The van der Waals surface area contributed by atoms with Crippen molar-refractivity contribution in [3.05, 3.63) is 114 Å². The third-order valence-electron chi connectivity index (χ3n) is 6.50. The first-order valence-corrected chi connectivity index (χ1v) is 12.3. The van der Waals surface area contributed by atoms with E-state index >= 15 is 0 Å². The second kappa shape index (κ2) is 11.6. The molecule has 4 rings (SSSR count). The van der Waals surface area contributed by atoms with Crippen molar-refractivity contribution in [3.8, 4) is 0 Å². The lowest BCUT2D eigenvalue weighted by molar-refractivity contribution is 0.0985. The quantitative estimate of drug-likeness (QED) is 0.261. The highest BCUT2D eigenvalue weighted by atomic mass is 16.2. The lowest BCUT2D eigenvalue weighted by atomic mass is 10.1. The molecule has 0 heterocycles. The Morgan fingerprint density at radius 1 is 0.706 bits per heavy atom. The van der Waals surface area contributed by atoms with Crippen LogP contribution < -0.4 is 4.90 Å². The van der Waals surface area contributed by atoms with E-state index in [0.717, 1.165) is 43.7 Å². The van der Waals surface area contributed by atoms with Crippen molar-refractivity contribution in [1.82, 2.24) is 4.90 Å². The van der Waals surface area contributed by atoms with E-state index in [1.165, 1.54) is 16.3 Å². The molecule has 0 aromatic heterocycles. The molecule has 0 spiro atoms. The van der Waals surface area contributed by atoms with Gasteiger partial charge in [0.1, 0.15) is 0 Å². The van der Waals surface area contributed by atoms with Gasteiger partial charge in [-0.1, -0.05) is 80.6 Å². The summed E-state index contributed by atoms with van der Waals surface area (Å²) in [4.78, 5) is 17.9. The highest BCUT2D eigenvalue weighted by Crippen LogP contribution is 2.24. The van der Waals surface area contributed by atoms with E-state index in [0.29, 0.717) is 12.1 Å². The van der Waals surface area contributed by atoms with Gasteiger partial charge in [0.05, 0.1) is 6.54 Å². The van der Waals surface area contributed by atoms with Crippen LogP contribution in [-0.4, -0.2) is 30.4 Å². The van der Waals surface area contributed by atoms with E-state index in [4.69, 9.17) is 0 Å². The second-order valence-electron chi connectivity index (χ2n) is 8.74. The van der Waals surface area contributed by atoms with Gasteiger partial charge in [-0.05, 0) is 84.7 Å². The van der Waals surface area contributed by atoms with Gasteiger partial charge in [0, 0.05) is 11.3 Å². The van der Waals surface area contributed by atoms with Gasteiger partial charge in [0.2, 0.25) is 0 Å². The minimum absolute atomic E-state index is 0.0167. The van der Waals surface area contributed by atoms with E-state index in [1.807, 2.05) is 35.2 Å². The molecule has 0 aliphatic heterocycles. The number of fused-ring (bicyclic) bond motifs is 1. The number of amides is 1. The van der Waals surface area contributed by atoms with Crippen LogP contribution >= 0.6 is 0 Å². The standard InChI is InChI=1S/C31H34N2O/c1-3-32(4-2)22-10-11-25-17-20-30(21-18-25)33(31(34)28-13-6-5-7-14-28)24-26-16-19-27-12-8-9-15-29(27)23-26/h5-9,12-21,23H,3-4,10-11,22,24H2,1-2H3. The Kier molecular flexibility index (Phi) is 8.11. The zero-order valence-corrected chi connectivity index (χ0v) is 20.3. The van der Waals surface area contributed by atoms with Crippen molar-refractivity contribution in [3.63, 3.8) is 0 Å². The fourth-order valence-corrected chi connectivity index (χ4v) is 4.43. The second-order valence-corrected chi connectivity index (χ2v) is 8.74. The van der Waals surface area contributed by atoms with E-state index < -0.39 is 0 Å². The first-order valence-electron chi connectivity index (χ1n) is 12.3. The van der Waals surface area contributed by atoms with E-state index in [1.54, 1.807) is 0 Å². The number of carbonyl (C=O) groups is 1. The number of carbonyl (C=O) groups excluding carboxylic acids is 1. The van der Waals surface area contributed by atoms with Crippen molar-refractivity contribution >= 4 is 22.4 Å². The Labute approximate surface area is 203 Å². The molecule has 4 aromatic rings. The minimum Gasteiger partial charge on any atom is -0.304 e. The zero-order chi connectivity index (χ0) is 23.8. The molecular formula is C31H34N2O. The van der Waals surface area contributed by atoms with Gasteiger partial charge >= 0.3 is 0 Å². The normalized spacial score (nSPS) is 11.1. The maximum Gasteiger partial charge on any atom is 0.258 e. The van der Waals surface area contributed by atoms with Crippen LogP contribution in [-0.2, 0) is 13.0 Å². The van der Waals surface area contributed by atoms with Crippen molar-refractivity contribution < 1.29 is 4.79 Å². The molecule has 0 bridgehead atoms. The van der Waals surface area contributed by atoms with Crippen molar-refractivity contribution in [2.24, 2.45) is 0 Å². The molecule has 0 aliphatic carbocycles. The van der Waals surface area contributed by atoms with E-state index in [9.17, 15) is 4.79 Å². The van der Waals surface area contributed by atoms with Gasteiger partial charge in [0.25, 0.3) is 5.91 Å². The van der Waals surface area contributed by atoms with Crippen LogP contribution in [0, 0.1) is 0 Å². The maximum atomic E-state index is 13.5. The average molecular weight is 451 g/mol. The molecule has 34 heavy (non-hydrogen) atoms. The van der Waals surface area contributed by atoms with Crippen molar-refractivity contribution in [2.45, 2.75) is 33.2 Å². The lowest BCUT2D eigenvalue weighted by Gasteiger charge is -2.24. The Hall–Kier alpha value is -3.43. The SMILES string of the molecule is CCN(CC)CCCc1ccc(N(Cc2ccc3ccccc3c2)C(=O)c2ccccc2)cc1. The molecule has 0 radical (unpaired) electrons. The fourth-order valence-electron chi connectivity index (χ4n) is 4.43. The zero-order valence-electron chi connectivity index (χ0n) is 20.3. The first-order chi connectivity index (χ1) is 16.7. The molecule has 0 atom stereocenters. The third-order valence-corrected chi connectivity index (χ3v) is 6.50. The van der Waals surface area contributed by atoms with Gasteiger partial charge in [-0.3, -0.25) is 4.79 Å². The number of anilines is 1. The molecule has 4 aromatic carbocycles. The number of rotatable bonds is 10. The summed E-state index contributed by atoms with van der Waals surface area (Å²) in [6, 6.07) is 32.9. The van der Waals surface area contributed by atoms with Crippen molar-refractivity contribution in [2.75, 3.05) is 24.5 Å². The third kappa shape index (κ3) is 5.92. The summed E-state index contributed by atoms with van der Waals surface area (Å²) in [5, 5.41) is 2.40. The van der Waals surface area contributed by atoms with Crippen LogP contribution in [0.1, 0.15) is 41.8 Å². The fraction of sp³-hybridized carbons (Fsp3) is 0.258. The summed E-state index contributed by atoms with van der Waals surface area (Å²) in [7, 11) is 0. The largest absolute Gasteiger partial charge is 0.304 e. The lowest BCUT2D eigenvalue weighted by Crippen LogP contribution is -2.30. The monoisotopic (exact) mass is 450 g/mol. The minimum atomic E-state index is 0.0167. The molecule has 0 N–H and O–H groups in total. The topological polar surface area (TPSA) is 23.6 Å². The highest BCUT2D eigenvalue weighted by Gasteiger charge is 2.18. The van der Waals surface area contributed by atoms with Crippen LogP contribution in [0.3, 0.4) is 0 Å². The van der Waals surface area contributed by atoms with Gasteiger partial charge in [-0.15, -0.1) is 0 Å². The molecule has 174 valence electrons. The molecular weight excluding hydrogens is 416 g/mol.